The zero-order valence-corrected chi connectivity index (χ0v) is 18.0. The van der Waals surface area contributed by atoms with Gasteiger partial charge in [0.2, 0.25) is 11.9 Å². The van der Waals surface area contributed by atoms with Crippen LogP contribution in [-0.4, -0.2) is 30.6 Å². The van der Waals surface area contributed by atoms with E-state index in [0.29, 0.717) is 5.95 Å². The average Bonchev–Trinajstić information content (AvgIpc) is 3.19. The molecule has 4 aromatic rings. The van der Waals surface area contributed by atoms with Crippen LogP contribution >= 0.6 is 0 Å². The Kier molecular flexibility index (Phi) is 6.07. The number of aryl methyl sites for hydroxylation is 1. The summed E-state index contributed by atoms with van der Waals surface area (Å²) in [5.41, 5.74) is 3.07. The fourth-order valence-electron chi connectivity index (χ4n) is 3.12. The van der Waals surface area contributed by atoms with E-state index in [-0.39, 0.29) is 23.7 Å². The molecule has 0 aliphatic heterocycles. The summed E-state index contributed by atoms with van der Waals surface area (Å²) in [6.45, 7) is 0.797. The van der Waals surface area contributed by atoms with Gasteiger partial charge in [-0.1, -0.05) is 24.3 Å². The topological polar surface area (TPSA) is 97.6 Å². The quantitative estimate of drug-likeness (QED) is 0.436. The molecule has 168 valence electrons. The first kappa shape index (κ1) is 22.0. The van der Waals surface area contributed by atoms with Crippen LogP contribution in [0.2, 0.25) is 0 Å². The molecule has 0 atom stereocenters. The molecule has 10 heteroatoms. The Morgan fingerprint density at radius 2 is 1.76 bits per heavy atom. The highest BCUT2D eigenvalue weighted by molar-refractivity contribution is 5.91. The van der Waals surface area contributed by atoms with Crippen molar-refractivity contribution in [1.29, 1.82) is 0 Å². The van der Waals surface area contributed by atoms with Gasteiger partial charge in [-0.05, 0) is 23.3 Å². The average molecular weight is 449 g/mol. The molecule has 0 saturated carbocycles. The van der Waals surface area contributed by atoms with Gasteiger partial charge in [0.1, 0.15) is 5.82 Å². The summed E-state index contributed by atoms with van der Waals surface area (Å²) in [5, 5.41) is 9.71. The first-order chi connectivity index (χ1) is 15.8. The van der Waals surface area contributed by atoms with E-state index in [1.165, 1.54) is 18.3 Å². The van der Waals surface area contributed by atoms with E-state index in [9.17, 15) is 13.6 Å². The fourth-order valence-corrected chi connectivity index (χ4v) is 3.12. The van der Waals surface area contributed by atoms with E-state index >= 15 is 0 Å². The molecule has 8 nitrogen and oxygen atoms in total. The third-order valence-electron chi connectivity index (χ3n) is 4.80. The van der Waals surface area contributed by atoms with Crippen LogP contribution < -0.4 is 10.6 Å². The van der Waals surface area contributed by atoms with Gasteiger partial charge in [-0.15, -0.1) is 0 Å². The van der Waals surface area contributed by atoms with Gasteiger partial charge in [-0.25, -0.2) is 23.7 Å². The number of hydrogen-bond acceptors (Lipinski definition) is 6. The maximum Gasteiger partial charge on any atom is 0.270 e. The summed E-state index contributed by atoms with van der Waals surface area (Å²) < 4.78 is 28.6. The first-order valence-corrected chi connectivity index (χ1v) is 10.1. The largest absolute Gasteiger partial charge is 0.321 e. The van der Waals surface area contributed by atoms with Crippen molar-refractivity contribution in [2.24, 2.45) is 7.05 Å². The zero-order chi connectivity index (χ0) is 23.4. The molecular weight excluding hydrogens is 428 g/mol. The molecule has 0 spiro atoms. The van der Waals surface area contributed by atoms with Gasteiger partial charge in [-0.2, -0.15) is 5.10 Å². The number of amides is 1. The molecule has 0 radical (unpaired) electrons. The van der Waals surface area contributed by atoms with E-state index in [4.69, 9.17) is 0 Å². The molecule has 0 bridgehead atoms. The predicted octanol–water partition coefficient (Wildman–Crippen LogP) is 4.31. The summed E-state index contributed by atoms with van der Waals surface area (Å²) in [5.74, 6) is -2.80. The number of nitrogens with one attached hydrogen (secondary N) is 2. The Morgan fingerprint density at radius 1 is 1.03 bits per heavy atom. The minimum absolute atomic E-state index is 0.0825. The van der Waals surface area contributed by atoms with Crippen molar-refractivity contribution in [3.05, 3.63) is 78.5 Å². The summed E-state index contributed by atoms with van der Waals surface area (Å²) in [7, 11) is 1.82. The van der Waals surface area contributed by atoms with Crippen molar-refractivity contribution in [1.82, 2.24) is 24.7 Å². The normalized spacial score (nSPS) is 11.3. The van der Waals surface area contributed by atoms with E-state index in [1.807, 2.05) is 37.5 Å². The van der Waals surface area contributed by atoms with Gasteiger partial charge in [0.05, 0.1) is 18.3 Å². The number of anilines is 3. The van der Waals surface area contributed by atoms with Crippen LogP contribution in [0.3, 0.4) is 0 Å². The van der Waals surface area contributed by atoms with Crippen LogP contribution in [0.1, 0.15) is 18.1 Å². The number of alkyl halides is 2. The van der Waals surface area contributed by atoms with Gasteiger partial charge < -0.3 is 10.6 Å². The highest BCUT2D eigenvalue weighted by Gasteiger charge is 2.24. The lowest BCUT2D eigenvalue weighted by atomic mass is 10.1. The zero-order valence-electron chi connectivity index (χ0n) is 18.0. The van der Waals surface area contributed by atoms with Crippen molar-refractivity contribution in [2.45, 2.75) is 19.3 Å². The van der Waals surface area contributed by atoms with Crippen LogP contribution in [0.5, 0.6) is 0 Å². The molecule has 2 N–H and O–H groups in total. The van der Waals surface area contributed by atoms with Crippen LogP contribution in [0, 0.1) is 0 Å². The number of benzene rings is 1. The second-order valence-corrected chi connectivity index (χ2v) is 7.56. The SMILES string of the molecule is Cn1cc(Nc2ncc(-c3ccc(CC(=O)Nc4cc(C(C)(F)F)ccn4)cc3)cn2)cn1. The van der Waals surface area contributed by atoms with E-state index < -0.39 is 5.92 Å². The highest BCUT2D eigenvalue weighted by atomic mass is 19.3. The monoisotopic (exact) mass is 449 g/mol. The van der Waals surface area contributed by atoms with E-state index in [0.717, 1.165) is 29.3 Å². The van der Waals surface area contributed by atoms with Gasteiger partial charge in [0.25, 0.3) is 5.92 Å². The lowest BCUT2D eigenvalue weighted by Crippen LogP contribution is -2.16. The number of hydrogen-bond donors (Lipinski definition) is 2. The van der Waals surface area contributed by atoms with Crippen LogP contribution in [0.4, 0.5) is 26.2 Å². The highest BCUT2D eigenvalue weighted by Crippen LogP contribution is 2.27. The number of rotatable bonds is 7. The maximum absolute atomic E-state index is 13.5. The van der Waals surface area contributed by atoms with E-state index in [2.05, 4.69) is 30.7 Å². The third-order valence-corrected chi connectivity index (χ3v) is 4.80. The minimum Gasteiger partial charge on any atom is -0.321 e. The number of aromatic nitrogens is 5. The Bertz CT molecular complexity index is 1250. The smallest absolute Gasteiger partial charge is 0.270 e. The van der Waals surface area contributed by atoms with Crippen LogP contribution in [0.15, 0.2) is 67.4 Å². The summed E-state index contributed by atoms with van der Waals surface area (Å²) in [4.78, 5) is 24.9. The maximum atomic E-state index is 13.5. The summed E-state index contributed by atoms with van der Waals surface area (Å²) in [6.07, 6.45) is 8.23. The molecule has 33 heavy (non-hydrogen) atoms. The van der Waals surface area contributed by atoms with Crippen molar-refractivity contribution in [3.63, 3.8) is 0 Å². The number of halogens is 2. The van der Waals surface area contributed by atoms with Gasteiger partial charge in [0.15, 0.2) is 0 Å². The van der Waals surface area contributed by atoms with Gasteiger partial charge in [-0.3, -0.25) is 9.48 Å². The number of pyridine rings is 1. The lowest BCUT2D eigenvalue weighted by molar-refractivity contribution is -0.115. The Labute approximate surface area is 188 Å². The van der Waals surface area contributed by atoms with Crippen LogP contribution in [0.25, 0.3) is 11.1 Å². The number of nitrogens with zero attached hydrogens (tertiary/aromatic N) is 5. The number of carbonyl (C=O) groups is 1. The fraction of sp³-hybridized carbons (Fsp3) is 0.174. The third kappa shape index (κ3) is 5.73. The molecule has 1 aromatic carbocycles. The van der Waals surface area contributed by atoms with Crippen molar-refractivity contribution in [3.8, 4) is 11.1 Å². The Hall–Kier alpha value is -4.21. The molecule has 4 rings (SSSR count). The second-order valence-electron chi connectivity index (χ2n) is 7.56. The molecule has 0 aliphatic rings. The number of carbonyl (C=O) groups excluding carboxylic acids is 1. The lowest BCUT2D eigenvalue weighted by Gasteiger charge is -2.12. The van der Waals surface area contributed by atoms with E-state index in [1.54, 1.807) is 23.3 Å². The van der Waals surface area contributed by atoms with Crippen molar-refractivity contribution in [2.75, 3.05) is 10.6 Å². The van der Waals surface area contributed by atoms with Crippen LogP contribution in [-0.2, 0) is 24.2 Å². The van der Waals surface area contributed by atoms with Crippen molar-refractivity contribution < 1.29 is 13.6 Å². The predicted molar refractivity (Wildman–Crippen MR) is 120 cm³/mol. The Balaban J connectivity index is 1.36. The molecule has 0 aliphatic carbocycles. The molecular formula is C23H21F2N7O. The summed E-state index contributed by atoms with van der Waals surface area (Å²) in [6, 6.07) is 9.77. The molecule has 3 aromatic heterocycles. The first-order valence-electron chi connectivity index (χ1n) is 10.1. The van der Waals surface area contributed by atoms with Gasteiger partial charge >= 0.3 is 0 Å². The van der Waals surface area contributed by atoms with Gasteiger partial charge in [0, 0.05) is 49.9 Å². The molecule has 0 unspecified atom stereocenters. The minimum atomic E-state index is -3.00. The summed E-state index contributed by atoms with van der Waals surface area (Å²) >= 11 is 0. The molecule has 0 fully saturated rings. The van der Waals surface area contributed by atoms with Crippen molar-refractivity contribution >= 4 is 23.4 Å². The second kappa shape index (κ2) is 9.11. The standard InChI is InChI=1S/C23H21F2N7O/c1-23(24,25)18-7-8-26-20(10-18)31-21(33)9-15-3-5-16(6-4-15)17-11-27-22(28-12-17)30-19-13-29-32(2)14-19/h3-8,10-14H,9H2,1-2H3,(H,26,31,33)(H,27,28,30). The molecule has 1 amide bonds. The molecule has 0 saturated heterocycles. The Morgan fingerprint density at radius 3 is 2.39 bits per heavy atom. The molecule has 3 heterocycles.